The molecule has 0 aromatic carbocycles. The van der Waals surface area contributed by atoms with E-state index in [1.807, 2.05) is 0 Å². The molecule has 1 aromatic rings. The number of rotatable bonds is 1. The quantitative estimate of drug-likeness (QED) is 0.597. The summed E-state index contributed by atoms with van der Waals surface area (Å²) >= 11 is 0. The van der Waals surface area contributed by atoms with Gasteiger partial charge in [0.25, 0.3) is 0 Å². The van der Waals surface area contributed by atoms with E-state index in [9.17, 15) is 14.4 Å². The molecule has 1 aromatic heterocycles. The summed E-state index contributed by atoms with van der Waals surface area (Å²) in [6, 6.07) is -0.980. The molecule has 0 fully saturated rings. The summed E-state index contributed by atoms with van der Waals surface area (Å²) in [4.78, 5) is 39.9. The zero-order valence-corrected chi connectivity index (χ0v) is 10.2. The van der Waals surface area contributed by atoms with Crippen molar-refractivity contribution in [2.24, 2.45) is 12.0 Å². The normalized spacial score (nSPS) is 23.4. The summed E-state index contributed by atoms with van der Waals surface area (Å²) in [5.74, 6) is -0.624. The fourth-order valence-corrected chi connectivity index (χ4v) is 2.24. The van der Waals surface area contributed by atoms with Crippen molar-refractivity contribution < 1.29 is 9.53 Å². The van der Waals surface area contributed by atoms with E-state index < -0.39 is 29.6 Å². The SMILES string of the molecule is COC(=O)[C@@H]1C=C2NC=N[C@H]2n2c(=O)n(C)c(=O)n21. The predicted octanol–water partition coefficient (Wildman–Crippen LogP) is -1.91. The van der Waals surface area contributed by atoms with Gasteiger partial charge in [-0.25, -0.2) is 28.6 Å². The second-order valence-corrected chi connectivity index (χ2v) is 4.20. The second kappa shape index (κ2) is 3.70. The Kier molecular flexibility index (Phi) is 2.24. The molecule has 0 bridgehead atoms. The fourth-order valence-electron chi connectivity index (χ4n) is 2.24. The first-order chi connectivity index (χ1) is 9.06. The van der Waals surface area contributed by atoms with Crippen LogP contribution in [0.25, 0.3) is 0 Å². The summed E-state index contributed by atoms with van der Waals surface area (Å²) in [7, 11) is 2.57. The highest BCUT2D eigenvalue weighted by Gasteiger charge is 2.37. The molecule has 0 saturated heterocycles. The van der Waals surface area contributed by atoms with Crippen LogP contribution in [0.2, 0.25) is 0 Å². The van der Waals surface area contributed by atoms with Crippen LogP contribution in [0.5, 0.6) is 0 Å². The van der Waals surface area contributed by atoms with Crippen LogP contribution in [0.15, 0.2) is 26.4 Å². The molecule has 19 heavy (non-hydrogen) atoms. The van der Waals surface area contributed by atoms with Crippen molar-refractivity contribution in [2.45, 2.75) is 12.2 Å². The minimum Gasteiger partial charge on any atom is -0.467 e. The maximum atomic E-state index is 12.1. The third-order valence-corrected chi connectivity index (χ3v) is 3.20. The topological polar surface area (TPSA) is 99.6 Å². The molecule has 3 heterocycles. The zero-order chi connectivity index (χ0) is 13.7. The molecule has 1 N–H and O–H groups in total. The number of aliphatic imine (C=N–C) groups is 1. The Labute approximate surface area is 106 Å². The maximum Gasteiger partial charge on any atom is 0.349 e. The van der Waals surface area contributed by atoms with Gasteiger partial charge in [-0.2, -0.15) is 4.68 Å². The molecule has 9 heteroatoms. The lowest BCUT2D eigenvalue weighted by atomic mass is 10.2. The molecule has 100 valence electrons. The van der Waals surface area contributed by atoms with Crippen molar-refractivity contribution in [1.82, 2.24) is 19.2 Å². The van der Waals surface area contributed by atoms with Crippen LogP contribution in [-0.4, -0.2) is 33.3 Å². The summed E-state index contributed by atoms with van der Waals surface area (Å²) in [6.07, 6.45) is 2.32. The number of carbonyl (C=O) groups excluding carboxylic acids is 1. The summed E-state index contributed by atoms with van der Waals surface area (Å²) in [5, 5.41) is 2.84. The molecule has 0 aliphatic carbocycles. The second-order valence-electron chi connectivity index (χ2n) is 4.20. The lowest BCUT2D eigenvalue weighted by Gasteiger charge is -2.24. The van der Waals surface area contributed by atoms with E-state index in [0.717, 1.165) is 13.9 Å². The van der Waals surface area contributed by atoms with Crippen molar-refractivity contribution >= 4 is 12.3 Å². The first-order valence-electron chi connectivity index (χ1n) is 5.54. The van der Waals surface area contributed by atoms with Gasteiger partial charge in [-0.3, -0.25) is 0 Å². The van der Waals surface area contributed by atoms with Crippen LogP contribution in [0.4, 0.5) is 0 Å². The number of nitrogens with zero attached hydrogens (tertiary/aromatic N) is 4. The molecule has 9 nitrogen and oxygen atoms in total. The Morgan fingerprint density at radius 2 is 2.05 bits per heavy atom. The van der Waals surface area contributed by atoms with E-state index in [1.165, 1.54) is 26.6 Å². The van der Waals surface area contributed by atoms with Crippen molar-refractivity contribution in [3.63, 3.8) is 0 Å². The Hall–Kier alpha value is -2.58. The Morgan fingerprint density at radius 3 is 2.74 bits per heavy atom. The van der Waals surface area contributed by atoms with Crippen LogP contribution in [0, 0.1) is 0 Å². The Morgan fingerprint density at radius 1 is 1.37 bits per heavy atom. The number of aromatic nitrogens is 3. The highest BCUT2D eigenvalue weighted by molar-refractivity contribution is 5.77. The average molecular weight is 265 g/mol. The van der Waals surface area contributed by atoms with Crippen molar-refractivity contribution in [2.75, 3.05) is 7.11 Å². The average Bonchev–Trinajstić information content (AvgIpc) is 2.96. The summed E-state index contributed by atoms with van der Waals surface area (Å²) < 4.78 is 7.80. The highest BCUT2D eigenvalue weighted by Crippen LogP contribution is 2.27. The molecule has 0 unspecified atom stereocenters. The summed E-state index contributed by atoms with van der Waals surface area (Å²) in [6.45, 7) is 0. The predicted molar refractivity (Wildman–Crippen MR) is 63.7 cm³/mol. The van der Waals surface area contributed by atoms with Gasteiger partial charge in [-0.1, -0.05) is 0 Å². The van der Waals surface area contributed by atoms with Gasteiger partial charge >= 0.3 is 17.3 Å². The standard InChI is InChI=1S/C10H11N5O4/c1-13-9(17)14-6(8(16)19-2)3-5-7(12-4-11-5)15(14)10(13)18/h3-4,6-7H,1-2H3,(H,11,12)/t6-,7-/m0/s1. The van der Waals surface area contributed by atoms with Crippen molar-refractivity contribution in [3.8, 4) is 0 Å². The lowest BCUT2D eigenvalue weighted by molar-refractivity contribution is -0.143. The van der Waals surface area contributed by atoms with Gasteiger partial charge in [-0.05, 0) is 6.08 Å². The van der Waals surface area contributed by atoms with E-state index in [4.69, 9.17) is 0 Å². The van der Waals surface area contributed by atoms with Gasteiger partial charge in [0.2, 0.25) is 0 Å². The van der Waals surface area contributed by atoms with Crippen molar-refractivity contribution in [1.29, 1.82) is 0 Å². The molecule has 3 rings (SSSR count). The van der Waals surface area contributed by atoms with E-state index in [0.29, 0.717) is 5.70 Å². The van der Waals surface area contributed by atoms with Gasteiger partial charge in [0.1, 0.15) is 0 Å². The molecule has 2 atom stereocenters. The minimum atomic E-state index is -0.980. The molecular weight excluding hydrogens is 254 g/mol. The number of hydrogen-bond donors (Lipinski definition) is 1. The fraction of sp³-hybridized carbons (Fsp3) is 0.400. The number of carbonyl (C=O) groups is 1. The Balaban J connectivity index is 2.32. The Bertz CT molecular complexity index is 734. The van der Waals surface area contributed by atoms with Crippen molar-refractivity contribution in [3.05, 3.63) is 32.7 Å². The molecule has 0 saturated carbocycles. The largest absolute Gasteiger partial charge is 0.467 e. The monoisotopic (exact) mass is 265 g/mol. The number of esters is 1. The van der Waals surface area contributed by atoms with Crippen LogP contribution in [-0.2, 0) is 16.6 Å². The highest BCUT2D eigenvalue weighted by atomic mass is 16.5. The van der Waals surface area contributed by atoms with Crippen LogP contribution in [0.3, 0.4) is 0 Å². The van der Waals surface area contributed by atoms with Crippen LogP contribution in [0.1, 0.15) is 12.2 Å². The third kappa shape index (κ3) is 1.35. The minimum absolute atomic E-state index is 0.532. The molecule has 0 radical (unpaired) electrons. The first-order valence-corrected chi connectivity index (χ1v) is 5.54. The van der Waals surface area contributed by atoms with Gasteiger partial charge in [0.15, 0.2) is 12.2 Å². The number of nitrogens with one attached hydrogen (secondary N) is 1. The number of ether oxygens (including phenoxy) is 1. The molecule has 0 spiro atoms. The number of methoxy groups -OCH3 is 1. The van der Waals surface area contributed by atoms with Gasteiger partial charge in [0, 0.05) is 7.05 Å². The molecule has 0 amide bonds. The van der Waals surface area contributed by atoms with Crippen LogP contribution >= 0.6 is 0 Å². The van der Waals surface area contributed by atoms with E-state index in [-0.39, 0.29) is 0 Å². The molecule has 2 aliphatic rings. The van der Waals surface area contributed by atoms with Gasteiger partial charge in [-0.15, -0.1) is 0 Å². The van der Waals surface area contributed by atoms with Crippen LogP contribution < -0.4 is 16.7 Å². The summed E-state index contributed by atoms with van der Waals surface area (Å²) in [5.41, 5.74) is -0.545. The maximum absolute atomic E-state index is 12.1. The van der Waals surface area contributed by atoms with E-state index >= 15 is 0 Å². The third-order valence-electron chi connectivity index (χ3n) is 3.20. The molecule has 2 aliphatic heterocycles. The smallest absolute Gasteiger partial charge is 0.349 e. The van der Waals surface area contributed by atoms with E-state index in [1.54, 1.807) is 0 Å². The zero-order valence-electron chi connectivity index (χ0n) is 10.2. The first kappa shape index (κ1) is 11.5. The van der Waals surface area contributed by atoms with Gasteiger partial charge < -0.3 is 10.1 Å². The number of fused-ring (bicyclic) bond motifs is 3. The number of hydrogen-bond acceptors (Lipinski definition) is 6. The lowest BCUT2D eigenvalue weighted by Crippen LogP contribution is -2.40. The van der Waals surface area contributed by atoms with Gasteiger partial charge in [0.05, 0.1) is 19.1 Å². The molecular formula is C10H11N5O4. The van der Waals surface area contributed by atoms with E-state index in [2.05, 4.69) is 15.0 Å².